The molecule has 1 heterocycles. The third-order valence-corrected chi connectivity index (χ3v) is 2.35. The Labute approximate surface area is 90.3 Å². The summed E-state index contributed by atoms with van der Waals surface area (Å²) in [7, 11) is 0. The molecule has 1 aromatic carbocycles. The van der Waals surface area contributed by atoms with Crippen molar-refractivity contribution < 1.29 is 4.39 Å². The van der Waals surface area contributed by atoms with Crippen LogP contribution in [0.5, 0.6) is 0 Å². The van der Waals surface area contributed by atoms with Gasteiger partial charge in [0.25, 0.3) is 0 Å². The van der Waals surface area contributed by atoms with Crippen LogP contribution >= 0.6 is 11.6 Å². The molecule has 0 aliphatic heterocycles. The number of pyridine rings is 1. The maximum Gasteiger partial charge on any atom is 0.247 e. The summed E-state index contributed by atoms with van der Waals surface area (Å²) in [6, 6.07) is 7.32. The highest BCUT2D eigenvalue weighted by Gasteiger charge is 2.08. The monoisotopic (exact) mass is 223 g/mol. The van der Waals surface area contributed by atoms with Gasteiger partial charge in [-0.05, 0) is 18.2 Å². The molecule has 0 fully saturated rings. The number of rotatable bonds is 1. The highest BCUT2D eigenvalue weighted by atomic mass is 35.5. The smallest absolute Gasteiger partial charge is 0.247 e. The van der Waals surface area contributed by atoms with Crippen molar-refractivity contribution in [3.05, 3.63) is 57.7 Å². The number of hydrogen-bond donors (Lipinski definition) is 1. The molecular formula is C11H7ClFNO. The minimum Gasteiger partial charge on any atom is -0.328 e. The first-order valence-electron chi connectivity index (χ1n) is 4.31. The molecule has 2 nitrogen and oxygen atoms in total. The molecular weight excluding hydrogens is 217 g/mol. The van der Waals surface area contributed by atoms with E-state index in [1.165, 1.54) is 30.5 Å². The van der Waals surface area contributed by atoms with E-state index in [1.807, 2.05) is 0 Å². The lowest BCUT2D eigenvalue weighted by atomic mass is 10.1. The highest BCUT2D eigenvalue weighted by molar-refractivity contribution is 6.33. The fourth-order valence-electron chi connectivity index (χ4n) is 1.34. The van der Waals surface area contributed by atoms with E-state index < -0.39 is 5.82 Å². The zero-order chi connectivity index (χ0) is 10.8. The molecule has 0 amide bonds. The minimum absolute atomic E-state index is 0.230. The Kier molecular flexibility index (Phi) is 2.56. The number of aromatic amines is 1. The second kappa shape index (κ2) is 3.87. The van der Waals surface area contributed by atoms with Crippen molar-refractivity contribution in [2.75, 3.05) is 0 Å². The standard InChI is InChI=1S/C11H7ClFNO/c12-8-2-1-3-9(13)11(8)7-4-5-10(15)14-6-7/h1-6H,(H,14,15). The average Bonchev–Trinajstić information content (AvgIpc) is 2.20. The molecule has 0 saturated carbocycles. The summed E-state index contributed by atoms with van der Waals surface area (Å²) in [6.07, 6.45) is 1.44. The maximum atomic E-state index is 13.5. The Hall–Kier alpha value is -1.61. The van der Waals surface area contributed by atoms with E-state index in [-0.39, 0.29) is 5.56 Å². The first-order chi connectivity index (χ1) is 7.18. The quantitative estimate of drug-likeness (QED) is 0.792. The van der Waals surface area contributed by atoms with Gasteiger partial charge in [0.05, 0.1) is 5.02 Å². The van der Waals surface area contributed by atoms with E-state index in [0.717, 1.165) is 0 Å². The van der Waals surface area contributed by atoms with Gasteiger partial charge in [-0.2, -0.15) is 0 Å². The van der Waals surface area contributed by atoms with Gasteiger partial charge in [-0.3, -0.25) is 4.79 Å². The van der Waals surface area contributed by atoms with Crippen molar-refractivity contribution in [2.45, 2.75) is 0 Å². The number of aromatic nitrogens is 1. The van der Waals surface area contributed by atoms with Crippen molar-refractivity contribution in [3.8, 4) is 11.1 Å². The van der Waals surface area contributed by atoms with Gasteiger partial charge in [-0.1, -0.05) is 17.7 Å². The van der Waals surface area contributed by atoms with Crippen LogP contribution in [0.4, 0.5) is 4.39 Å². The zero-order valence-electron chi connectivity index (χ0n) is 7.63. The normalized spacial score (nSPS) is 10.3. The lowest BCUT2D eigenvalue weighted by Crippen LogP contribution is -2.01. The van der Waals surface area contributed by atoms with Gasteiger partial charge in [0.1, 0.15) is 5.82 Å². The molecule has 0 bridgehead atoms. The molecule has 0 atom stereocenters. The van der Waals surface area contributed by atoms with Crippen LogP contribution in [0.1, 0.15) is 0 Å². The minimum atomic E-state index is -0.408. The molecule has 1 N–H and O–H groups in total. The van der Waals surface area contributed by atoms with Crippen LogP contribution in [0.15, 0.2) is 41.3 Å². The molecule has 15 heavy (non-hydrogen) atoms. The summed E-state index contributed by atoms with van der Waals surface area (Å²) < 4.78 is 13.5. The summed E-state index contributed by atoms with van der Waals surface area (Å²) in [5, 5.41) is 0.321. The Morgan fingerprint density at radius 2 is 2.00 bits per heavy atom. The molecule has 0 spiro atoms. The molecule has 1 aromatic heterocycles. The molecule has 0 saturated heterocycles. The Morgan fingerprint density at radius 1 is 1.20 bits per heavy atom. The Morgan fingerprint density at radius 3 is 2.60 bits per heavy atom. The van der Waals surface area contributed by atoms with Crippen LogP contribution in [0.3, 0.4) is 0 Å². The Bertz CT molecular complexity index is 510. The number of halogens is 2. The van der Waals surface area contributed by atoms with Crippen LogP contribution in [-0.4, -0.2) is 4.98 Å². The third kappa shape index (κ3) is 1.92. The number of H-pyrrole nitrogens is 1. The number of benzene rings is 1. The molecule has 0 aliphatic carbocycles. The predicted octanol–water partition coefficient (Wildman–Crippen LogP) is 2.83. The van der Waals surface area contributed by atoms with Gasteiger partial charge in [0.2, 0.25) is 5.56 Å². The van der Waals surface area contributed by atoms with E-state index in [4.69, 9.17) is 11.6 Å². The molecule has 0 unspecified atom stereocenters. The van der Waals surface area contributed by atoms with E-state index in [2.05, 4.69) is 4.98 Å². The van der Waals surface area contributed by atoms with E-state index in [9.17, 15) is 9.18 Å². The van der Waals surface area contributed by atoms with Crippen molar-refractivity contribution in [3.63, 3.8) is 0 Å². The van der Waals surface area contributed by atoms with Crippen LogP contribution in [0.2, 0.25) is 5.02 Å². The fourth-order valence-corrected chi connectivity index (χ4v) is 1.61. The van der Waals surface area contributed by atoms with Crippen LogP contribution < -0.4 is 5.56 Å². The zero-order valence-corrected chi connectivity index (χ0v) is 8.38. The average molecular weight is 224 g/mol. The van der Waals surface area contributed by atoms with Crippen LogP contribution in [0, 0.1) is 5.82 Å². The highest BCUT2D eigenvalue weighted by Crippen LogP contribution is 2.29. The fraction of sp³-hybridized carbons (Fsp3) is 0. The topological polar surface area (TPSA) is 32.9 Å². The second-order valence-corrected chi connectivity index (χ2v) is 3.45. The third-order valence-electron chi connectivity index (χ3n) is 2.04. The lowest BCUT2D eigenvalue weighted by molar-refractivity contribution is 0.631. The molecule has 4 heteroatoms. The van der Waals surface area contributed by atoms with Crippen molar-refractivity contribution in [1.82, 2.24) is 4.98 Å². The van der Waals surface area contributed by atoms with E-state index >= 15 is 0 Å². The van der Waals surface area contributed by atoms with Gasteiger partial charge in [0.15, 0.2) is 0 Å². The summed E-state index contributed by atoms with van der Waals surface area (Å²) >= 11 is 5.87. The summed E-state index contributed by atoms with van der Waals surface area (Å²) in [4.78, 5) is 13.3. The van der Waals surface area contributed by atoms with E-state index in [1.54, 1.807) is 6.07 Å². The summed E-state index contributed by atoms with van der Waals surface area (Å²) in [5.41, 5.74) is 0.624. The maximum absolute atomic E-state index is 13.5. The molecule has 0 aliphatic rings. The van der Waals surface area contributed by atoms with Crippen molar-refractivity contribution in [1.29, 1.82) is 0 Å². The largest absolute Gasteiger partial charge is 0.328 e. The lowest BCUT2D eigenvalue weighted by Gasteiger charge is -2.04. The number of hydrogen-bond acceptors (Lipinski definition) is 1. The van der Waals surface area contributed by atoms with Crippen molar-refractivity contribution >= 4 is 11.6 Å². The molecule has 2 rings (SSSR count). The SMILES string of the molecule is O=c1ccc(-c2c(F)cccc2Cl)c[nH]1. The molecule has 76 valence electrons. The van der Waals surface area contributed by atoms with Gasteiger partial charge < -0.3 is 4.98 Å². The van der Waals surface area contributed by atoms with Crippen LogP contribution in [-0.2, 0) is 0 Å². The summed E-state index contributed by atoms with van der Waals surface area (Å²) in [6.45, 7) is 0. The van der Waals surface area contributed by atoms with Crippen LogP contribution in [0.25, 0.3) is 11.1 Å². The summed E-state index contributed by atoms with van der Waals surface area (Å²) in [5.74, 6) is -0.408. The molecule has 0 radical (unpaired) electrons. The van der Waals surface area contributed by atoms with Crippen molar-refractivity contribution in [2.24, 2.45) is 0 Å². The van der Waals surface area contributed by atoms with Gasteiger partial charge >= 0.3 is 0 Å². The first-order valence-corrected chi connectivity index (χ1v) is 4.69. The van der Waals surface area contributed by atoms with Gasteiger partial charge in [-0.25, -0.2) is 4.39 Å². The molecule has 2 aromatic rings. The predicted molar refractivity (Wildman–Crippen MR) is 57.5 cm³/mol. The van der Waals surface area contributed by atoms with Gasteiger partial charge in [-0.15, -0.1) is 0 Å². The first kappa shape index (κ1) is 9.93. The Balaban J connectivity index is 2.63. The van der Waals surface area contributed by atoms with E-state index in [0.29, 0.717) is 16.1 Å². The van der Waals surface area contributed by atoms with Gasteiger partial charge in [0, 0.05) is 23.4 Å². The number of nitrogens with one attached hydrogen (secondary N) is 1. The second-order valence-electron chi connectivity index (χ2n) is 3.04.